The predicted octanol–water partition coefficient (Wildman–Crippen LogP) is 2.41. The molecule has 2 N–H and O–H groups in total. The van der Waals surface area contributed by atoms with Gasteiger partial charge in [-0.05, 0) is 36.2 Å². The monoisotopic (exact) mass is 276 g/mol. The molecule has 5 heteroatoms. The average molecular weight is 277 g/mol. The van der Waals surface area contributed by atoms with Gasteiger partial charge in [0.1, 0.15) is 10.9 Å². The third-order valence-electron chi connectivity index (χ3n) is 2.64. The maximum absolute atomic E-state index is 11.8. The van der Waals surface area contributed by atoms with Gasteiger partial charge >= 0.3 is 0 Å². The molecule has 0 aliphatic heterocycles. The zero-order chi connectivity index (χ0) is 13.7. The van der Waals surface area contributed by atoms with Gasteiger partial charge in [0.2, 0.25) is 0 Å². The van der Waals surface area contributed by atoms with Gasteiger partial charge in [0.15, 0.2) is 0 Å². The molecule has 0 fully saturated rings. The van der Waals surface area contributed by atoms with Crippen LogP contribution >= 0.6 is 11.6 Å². The van der Waals surface area contributed by atoms with Crippen molar-refractivity contribution in [1.82, 2.24) is 10.3 Å². The van der Waals surface area contributed by atoms with Gasteiger partial charge in [-0.2, -0.15) is 0 Å². The van der Waals surface area contributed by atoms with Crippen molar-refractivity contribution in [3.63, 3.8) is 0 Å². The van der Waals surface area contributed by atoms with Gasteiger partial charge in [-0.15, -0.1) is 0 Å². The summed E-state index contributed by atoms with van der Waals surface area (Å²) in [4.78, 5) is 15.7. The van der Waals surface area contributed by atoms with Crippen LogP contribution < -0.4 is 5.32 Å². The number of aromatic nitrogens is 1. The molecular formula is C14H13ClN2O2. The quantitative estimate of drug-likeness (QED) is 0.843. The van der Waals surface area contributed by atoms with E-state index in [0.29, 0.717) is 18.5 Å². The summed E-state index contributed by atoms with van der Waals surface area (Å²) in [6, 6.07) is 10.2. The summed E-state index contributed by atoms with van der Waals surface area (Å²) in [6.45, 7) is 0.495. The molecule has 0 radical (unpaired) electrons. The van der Waals surface area contributed by atoms with Crippen molar-refractivity contribution in [2.75, 3.05) is 6.54 Å². The maximum atomic E-state index is 11.8. The lowest BCUT2D eigenvalue weighted by molar-refractivity contribution is 0.0954. The number of amides is 1. The molecule has 0 aliphatic carbocycles. The number of rotatable bonds is 4. The highest BCUT2D eigenvalue weighted by molar-refractivity contribution is 6.32. The minimum absolute atomic E-state index is 0.199. The van der Waals surface area contributed by atoms with Crippen LogP contribution in [0.1, 0.15) is 15.9 Å². The minimum atomic E-state index is -0.239. The molecule has 0 saturated heterocycles. The van der Waals surface area contributed by atoms with Crippen molar-refractivity contribution < 1.29 is 9.90 Å². The second kappa shape index (κ2) is 6.20. The molecule has 0 aliphatic rings. The maximum Gasteiger partial charge on any atom is 0.254 e. The Labute approximate surface area is 116 Å². The number of aromatic hydroxyl groups is 1. The van der Waals surface area contributed by atoms with Crippen molar-refractivity contribution >= 4 is 17.5 Å². The second-order valence-corrected chi connectivity index (χ2v) is 4.37. The Morgan fingerprint density at radius 1 is 1.26 bits per heavy atom. The number of hydrogen-bond acceptors (Lipinski definition) is 3. The molecule has 1 heterocycles. The number of benzene rings is 1. The first-order chi connectivity index (χ1) is 9.16. The zero-order valence-electron chi connectivity index (χ0n) is 10.1. The van der Waals surface area contributed by atoms with Crippen LogP contribution in [0.15, 0.2) is 42.6 Å². The van der Waals surface area contributed by atoms with Crippen molar-refractivity contribution in [2.24, 2.45) is 0 Å². The Morgan fingerprint density at radius 2 is 2.00 bits per heavy atom. The normalized spacial score (nSPS) is 10.2. The third-order valence-corrected chi connectivity index (χ3v) is 2.94. The molecule has 98 valence electrons. The van der Waals surface area contributed by atoms with Crippen molar-refractivity contribution in [3.05, 3.63) is 58.9 Å². The lowest BCUT2D eigenvalue weighted by Crippen LogP contribution is -2.26. The average Bonchev–Trinajstić information content (AvgIpc) is 2.41. The molecule has 4 nitrogen and oxygen atoms in total. The highest BCUT2D eigenvalue weighted by Crippen LogP contribution is 2.12. The number of halogens is 1. The van der Waals surface area contributed by atoms with E-state index in [1.165, 1.54) is 6.20 Å². The van der Waals surface area contributed by atoms with Crippen LogP contribution in [-0.2, 0) is 6.42 Å². The molecule has 19 heavy (non-hydrogen) atoms. The van der Waals surface area contributed by atoms with E-state index in [2.05, 4.69) is 10.3 Å². The van der Waals surface area contributed by atoms with E-state index in [4.69, 9.17) is 16.7 Å². The smallest absolute Gasteiger partial charge is 0.254 e. The first-order valence-electron chi connectivity index (χ1n) is 5.83. The number of nitrogens with zero attached hydrogens (tertiary/aromatic N) is 1. The van der Waals surface area contributed by atoms with Gasteiger partial charge in [-0.1, -0.05) is 23.7 Å². The highest BCUT2D eigenvalue weighted by atomic mass is 35.5. The number of nitrogens with one attached hydrogen (secondary N) is 1. The first kappa shape index (κ1) is 13.4. The van der Waals surface area contributed by atoms with E-state index in [1.54, 1.807) is 24.3 Å². The molecule has 0 spiro atoms. The fraction of sp³-hybridized carbons (Fsp3) is 0.143. The van der Waals surface area contributed by atoms with Crippen LogP contribution in [0.5, 0.6) is 5.75 Å². The van der Waals surface area contributed by atoms with Crippen LogP contribution in [0.2, 0.25) is 5.15 Å². The Morgan fingerprint density at radius 3 is 2.68 bits per heavy atom. The summed E-state index contributed by atoms with van der Waals surface area (Å²) in [5.41, 5.74) is 1.41. The fourth-order valence-corrected chi connectivity index (χ4v) is 1.84. The molecule has 0 unspecified atom stereocenters. The van der Waals surface area contributed by atoms with E-state index in [9.17, 15) is 4.79 Å². The lowest BCUT2D eigenvalue weighted by Gasteiger charge is -2.06. The molecule has 0 saturated carbocycles. The summed E-state index contributed by atoms with van der Waals surface area (Å²) >= 11 is 5.83. The van der Waals surface area contributed by atoms with Crippen LogP contribution in [-0.4, -0.2) is 22.5 Å². The highest BCUT2D eigenvalue weighted by Gasteiger charge is 2.09. The third kappa shape index (κ3) is 3.69. The van der Waals surface area contributed by atoms with Crippen molar-refractivity contribution in [3.8, 4) is 5.75 Å². The second-order valence-electron chi connectivity index (χ2n) is 4.01. The Hall–Kier alpha value is -2.07. The van der Waals surface area contributed by atoms with Crippen molar-refractivity contribution in [1.29, 1.82) is 0 Å². The van der Waals surface area contributed by atoms with Gasteiger partial charge in [0.05, 0.1) is 5.56 Å². The Balaban J connectivity index is 1.88. The standard InChI is InChI=1S/C14H13ClN2O2/c15-13-12(2-1-8-16-13)14(19)17-9-7-10-3-5-11(18)6-4-10/h1-6,8,18H,7,9H2,(H,17,19). The molecule has 1 aromatic carbocycles. The largest absolute Gasteiger partial charge is 0.508 e. The van der Waals surface area contributed by atoms with Crippen molar-refractivity contribution in [2.45, 2.75) is 6.42 Å². The van der Waals surface area contributed by atoms with Crippen LogP contribution in [0.3, 0.4) is 0 Å². The summed E-state index contributed by atoms with van der Waals surface area (Å²) in [7, 11) is 0. The molecule has 2 aromatic rings. The number of phenols is 1. The lowest BCUT2D eigenvalue weighted by atomic mass is 10.1. The molecular weight excluding hydrogens is 264 g/mol. The van der Waals surface area contributed by atoms with E-state index in [0.717, 1.165) is 5.56 Å². The molecule has 2 rings (SSSR count). The molecule has 0 bridgehead atoms. The van der Waals surface area contributed by atoms with E-state index in [1.807, 2.05) is 12.1 Å². The van der Waals surface area contributed by atoms with Crippen LogP contribution in [0, 0.1) is 0 Å². The summed E-state index contributed by atoms with van der Waals surface area (Å²) in [6.07, 6.45) is 2.22. The molecule has 0 atom stereocenters. The topological polar surface area (TPSA) is 62.2 Å². The zero-order valence-corrected chi connectivity index (χ0v) is 10.9. The summed E-state index contributed by atoms with van der Waals surface area (Å²) in [5.74, 6) is -0.00759. The van der Waals surface area contributed by atoms with E-state index in [-0.39, 0.29) is 16.8 Å². The Bertz CT molecular complexity index is 570. The van der Waals surface area contributed by atoms with Gasteiger partial charge in [0.25, 0.3) is 5.91 Å². The van der Waals surface area contributed by atoms with Gasteiger partial charge in [-0.3, -0.25) is 4.79 Å². The summed E-state index contributed by atoms with van der Waals surface area (Å²) < 4.78 is 0. The summed E-state index contributed by atoms with van der Waals surface area (Å²) in [5, 5.41) is 12.1. The predicted molar refractivity (Wildman–Crippen MR) is 73.4 cm³/mol. The SMILES string of the molecule is O=C(NCCc1ccc(O)cc1)c1cccnc1Cl. The number of carbonyl (C=O) groups is 1. The fourth-order valence-electron chi connectivity index (χ4n) is 1.63. The number of hydrogen-bond donors (Lipinski definition) is 2. The van der Waals surface area contributed by atoms with E-state index < -0.39 is 0 Å². The number of phenolic OH excluding ortho intramolecular Hbond substituents is 1. The number of carbonyl (C=O) groups excluding carboxylic acids is 1. The van der Waals surface area contributed by atoms with E-state index >= 15 is 0 Å². The van der Waals surface area contributed by atoms with Crippen LogP contribution in [0.4, 0.5) is 0 Å². The number of pyridine rings is 1. The van der Waals surface area contributed by atoms with Gasteiger partial charge in [0, 0.05) is 12.7 Å². The first-order valence-corrected chi connectivity index (χ1v) is 6.21. The van der Waals surface area contributed by atoms with Gasteiger partial charge < -0.3 is 10.4 Å². The minimum Gasteiger partial charge on any atom is -0.508 e. The van der Waals surface area contributed by atoms with Gasteiger partial charge in [-0.25, -0.2) is 4.98 Å². The molecule has 1 amide bonds. The van der Waals surface area contributed by atoms with Crippen LogP contribution in [0.25, 0.3) is 0 Å². The molecule has 1 aromatic heterocycles. The Kier molecular flexibility index (Phi) is 4.36.